The molecule has 0 aromatic heterocycles. The van der Waals surface area contributed by atoms with E-state index in [2.05, 4.69) is 129 Å². The van der Waals surface area contributed by atoms with Crippen molar-refractivity contribution < 1.29 is 23.8 Å². The average molecular weight is 651 g/mol. The van der Waals surface area contributed by atoms with Crippen LogP contribution in [-0.2, 0) is 13.6 Å². The summed E-state index contributed by atoms with van der Waals surface area (Å²) >= 11 is 0. The molecular formula is C38H58O5Si2. The first-order valence-electron chi connectivity index (χ1n) is 16.3. The second-order valence-corrected chi connectivity index (χ2v) is 24.3. The van der Waals surface area contributed by atoms with E-state index in [0.717, 1.165) is 0 Å². The fourth-order valence-corrected chi connectivity index (χ4v) is 12.4. The van der Waals surface area contributed by atoms with E-state index in [0.29, 0.717) is 12.2 Å². The van der Waals surface area contributed by atoms with Crippen molar-refractivity contribution in [2.24, 2.45) is 11.8 Å². The Hall–Kier alpha value is -2.11. The normalized spacial score (nSPS) is 17.3. The topological polar surface area (TPSA) is 68.2 Å². The Bertz CT molecular complexity index is 1250. The molecule has 0 saturated carbocycles. The third kappa shape index (κ3) is 8.44. The number of hydrogen-bond donors (Lipinski definition) is 2. The van der Waals surface area contributed by atoms with E-state index >= 15 is 0 Å². The van der Waals surface area contributed by atoms with Crippen molar-refractivity contribution in [2.45, 2.75) is 103 Å². The Morgan fingerprint density at radius 1 is 0.667 bits per heavy atom. The van der Waals surface area contributed by atoms with E-state index in [9.17, 15) is 10.2 Å². The molecule has 2 N–H and O–H groups in total. The number of aliphatic hydroxyl groups is 2. The summed E-state index contributed by atoms with van der Waals surface area (Å²) in [6, 6.07) is 30.7. The van der Waals surface area contributed by atoms with E-state index in [1.165, 1.54) is 10.4 Å². The molecule has 5 nitrogen and oxygen atoms in total. The van der Waals surface area contributed by atoms with Crippen LogP contribution in [0.3, 0.4) is 0 Å². The van der Waals surface area contributed by atoms with Crippen molar-refractivity contribution in [3.8, 4) is 0 Å². The summed E-state index contributed by atoms with van der Waals surface area (Å²) in [7, 11) is -3.43. The summed E-state index contributed by atoms with van der Waals surface area (Å²) in [5, 5.41) is 25.0. The lowest BCUT2D eigenvalue weighted by Gasteiger charge is -2.47. The van der Waals surface area contributed by atoms with Gasteiger partial charge in [-0.05, 0) is 39.1 Å². The van der Waals surface area contributed by atoms with E-state index in [-0.39, 0.29) is 28.0 Å². The maximum absolute atomic E-state index is 11.5. The van der Waals surface area contributed by atoms with Crippen LogP contribution in [0.5, 0.6) is 0 Å². The van der Waals surface area contributed by atoms with Crippen LogP contribution in [0.4, 0.5) is 0 Å². The molecule has 7 heteroatoms. The van der Waals surface area contributed by atoms with Crippen LogP contribution < -0.4 is 10.4 Å². The highest BCUT2D eigenvalue weighted by atomic mass is 28.4. The zero-order valence-corrected chi connectivity index (χ0v) is 31.5. The predicted octanol–water partition coefficient (Wildman–Crippen LogP) is 7.34. The molecule has 0 aliphatic heterocycles. The fraction of sp³-hybridized carbons (Fsp3) is 0.526. The number of ether oxygens (including phenoxy) is 1. The van der Waals surface area contributed by atoms with Crippen molar-refractivity contribution in [2.75, 3.05) is 13.7 Å². The Kier molecular flexibility index (Phi) is 12.6. The molecule has 0 aliphatic rings. The third-order valence-corrected chi connectivity index (χ3v) is 19.4. The number of rotatable bonds is 14. The molecule has 45 heavy (non-hydrogen) atoms. The molecule has 0 radical (unpaired) electrons. The predicted molar refractivity (Wildman–Crippen MR) is 192 cm³/mol. The number of aliphatic hydroxyl groups excluding tert-OH is 2. The molecular weight excluding hydrogens is 593 g/mol. The van der Waals surface area contributed by atoms with Crippen LogP contribution in [0, 0.1) is 11.8 Å². The lowest BCUT2D eigenvalue weighted by molar-refractivity contribution is -0.121. The largest absolute Gasteiger partial charge is 0.413 e. The van der Waals surface area contributed by atoms with Gasteiger partial charge in [0.05, 0.1) is 12.2 Å². The summed E-state index contributed by atoms with van der Waals surface area (Å²) < 4.78 is 20.6. The monoisotopic (exact) mass is 650 g/mol. The SMILES string of the molecule is CO[C@H](C(O)C(O)c1ccccc1)[C@@H](C)[C@H](O[Si](C)(C)C(C)(C)C)[C@H](C)CO[Si](c1ccccc1)(c1ccccc1)C(C)(C)C. The van der Waals surface area contributed by atoms with Gasteiger partial charge in [-0.1, -0.05) is 146 Å². The van der Waals surface area contributed by atoms with Crippen molar-refractivity contribution >= 4 is 27.0 Å². The van der Waals surface area contributed by atoms with Crippen molar-refractivity contribution in [1.29, 1.82) is 0 Å². The van der Waals surface area contributed by atoms with Crippen molar-refractivity contribution in [1.82, 2.24) is 0 Å². The maximum atomic E-state index is 11.5. The molecule has 0 heterocycles. The molecule has 2 unspecified atom stereocenters. The van der Waals surface area contributed by atoms with Gasteiger partial charge in [-0.3, -0.25) is 0 Å². The van der Waals surface area contributed by atoms with E-state index < -0.39 is 34.9 Å². The first kappa shape index (κ1) is 37.4. The van der Waals surface area contributed by atoms with Crippen LogP contribution in [0.1, 0.15) is 67.1 Å². The molecule has 0 fully saturated rings. The van der Waals surface area contributed by atoms with E-state index in [4.69, 9.17) is 13.6 Å². The number of methoxy groups -OCH3 is 1. The standard InChI is InChI=1S/C38H58O5Si2/c1-28(27-42-45(38(6,7)8,31-23-17-13-18-24-31)32-25-19-14-20-26-32)35(43-44(10,11)37(3,4)5)29(2)36(41-9)34(40)33(39)30-21-15-12-16-22-30/h12-26,28-29,33-36,39-40H,27H2,1-11H3/t28-,29+,33?,34?,35-,36+/m1/s1. The quantitative estimate of drug-likeness (QED) is 0.179. The van der Waals surface area contributed by atoms with Gasteiger partial charge in [0.2, 0.25) is 0 Å². The highest BCUT2D eigenvalue weighted by molar-refractivity contribution is 6.99. The van der Waals surface area contributed by atoms with Gasteiger partial charge in [0.15, 0.2) is 8.32 Å². The van der Waals surface area contributed by atoms with Gasteiger partial charge in [-0.2, -0.15) is 0 Å². The molecule has 3 aromatic carbocycles. The maximum Gasteiger partial charge on any atom is 0.261 e. The van der Waals surface area contributed by atoms with Gasteiger partial charge in [-0.25, -0.2) is 0 Å². The third-order valence-electron chi connectivity index (χ3n) is 9.89. The van der Waals surface area contributed by atoms with Gasteiger partial charge in [0, 0.05) is 25.6 Å². The molecule has 3 aromatic rings. The Labute approximate surface area is 275 Å². The van der Waals surface area contributed by atoms with Gasteiger partial charge in [0.25, 0.3) is 8.32 Å². The molecule has 0 spiro atoms. The Morgan fingerprint density at radius 3 is 1.51 bits per heavy atom. The van der Waals surface area contributed by atoms with Gasteiger partial charge in [-0.15, -0.1) is 0 Å². The minimum atomic E-state index is -2.77. The average Bonchev–Trinajstić information content (AvgIpc) is 3.00. The lowest BCUT2D eigenvalue weighted by atomic mass is 9.85. The lowest BCUT2D eigenvalue weighted by Crippen LogP contribution is -2.67. The molecule has 0 aliphatic carbocycles. The van der Waals surface area contributed by atoms with Gasteiger partial charge in [0.1, 0.15) is 12.2 Å². The molecule has 0 amide bonds. The van der Waals surface area contributed by atoms with Crippen LogP contribution in [0.2, 0.25) is 23.2 Å². The Morgan fingerprint density at radius 2 is 1.11 bits per heavy atom. The summed E-state index contributed by atoms with van der Waals surface area (Å²) in [6.45, 7) is 22.9. The second kappa shape index (κ2) is 15.2. The first-order chi connectivity index (χ1) is 21.0. The molecule has 0 bridgehead atoms. The molecule has 248 valence electrons. The molecule has 6 atom stereocenters. The van der Waals surface area contributed by atoms with Crippen LogP contribution in [0.15, 0.2) is 91.0 Å². The Balaban J connectivity index is 2.04. The number of benzene rings is 3. The zero-order chi connectivity index (χ0) is 33.6. The van der Waals surface area contributed by atoms with Crippen molar-refractivity contribution in [3.05, 3.63) is 96.6 Å². The minimum absolute atomic E-state index is 0.0196. The fourth-order valence-electron chi connectivity index (χ4n) is 6.25. The molecule has 0 saturated heterocycles. The second-order valence-electron chi connectivity index (χ2n) is 15.2. The van der Waals surface area contributed by atoms with Crippen LogP contribution in [0.25, 0.3) is 0 Å². The summed E-state index contributed by atoms with van der Waals surface area (Å²) in [5.74, 6) is -0.273. The van der Waals surface area contributed by atoms with Gasteiger partial charge < -0.3 is 23.8 Å². The number of hydrogen-bond acceptors (Lipinski definition) is 5. The highest BCUT2D eigenvalue weighted by Crippen LogP contribution is 2.42. The summed E-state index contributed by atoms with van der Waals surface area (Å²) in [5.41, 5.74) is 0.657. The van der Waals surface area contributed by atoms with Crippen molar-refractivity contribution in [3.63, 3.8) is 0 Å². The van der Waals surface area contributed by atoms with E-state index in [1.54, 1.807) is 7.11 Å². The van der Waals surface area contributed by atoms with E-state index in [1.807, 2.05) is 30.3 Å². The smallest absolute Gasteiger partial charge is 0.261 e. The summed E-state index contributed by atoms with van der Waals surface area (Å²) in [6.07, 6.45) is -3.17. The highest BCUT2D eigenvalue weighted by Gasteiger charge is 2.51. The summed E-state index contributed by atoms with van der Waals surface area (Å²) in [4.78, 5) is 0. The van der Waals surface area contributed by atoms with Crippen LogP contribution in [-0.4, -0.2) is 58.9 Å². The first-order valence-corrected chi connectivity index (χ1v) is 21.2. The molecule has 3 rings (SSSR count). The zero-order valence-electron chi connectivity index (χ0n) is 29.5. The minimum Gasteiger partial charge on any atom is -0.413 e. The van der Waals surface area contributed by atoms with Crippen LogP contribution >= 0.6 is 0 Å². The van der Waals surface area contributed by atoms with Gasteiger partial charge >= 0.3 is 0 Å².